The molecule has 0 bridgehead atoms. The summed E-state index contributed by atoms with van der Waals surface area (Å²) in [6.45, 7) is 0.529. The van der Waals surface area contributed by atoms with Crippen LogP contribution in [0.5, 0.6) is 0 Å². The maximum atomic E-state index is 11.9. The second kappa shape index (κ2) is 6.47. The number of nitrogens with two attached hydrogens (primary N) is 1. The van der Waals surface area contributed by atoms with Gasteiger partial charge < -0.3 is 15.4 Å². The molecule has 19 heavy (non-hydrogen) atoms. The van der Waals surface area contributed by atoms with Crippen LogP contribution in [0.2, 0.25) is 0 Å². The van der Waals surface area contributed by atoms with Crippen molar-refractivity contribution in [2.75, 3.05) is 12.5 Å². The smallest absolute Gasteiger partial charge is 0.329 e. The Hall–Kier alpha value is -1.69. The molecule has 0 aromatic heterocycles. The highest BCUT2D eigenvalue weighted by atomic mass is 32.2. The van der Waals surface area contributed by atoms with Gasteiger partial charge in [0.25, 0.3) is 0 Å². The maximum Gasteiger partial charge on any atom is 0.329 e. The molecule has 2 N–H and O–H groups in total. The van der Waals surface area contributed by atoms with Gasteiger partial charge in [0.15, 0.2) is 0 Å². The third kappa shape index (κ3) is 3.64. The first-order chi connectivity index (χ1) is 9.18. The van der Waals surface area contributed by atoms with E-state index in [-0.39, 0.29) is 11.9 Å². The van der Waals surface area contributed by atoms with E-state index in [1.165, 1.54) is 16.7 Å². The quantitative estimate of drug-likeness (QED) is 0.519. The minimum Gasteiger partial charge on any atom is -0.453 e. The van der Waals surface area contributed by atoms with Crippen LogP contribution in [-0.4, -0.2) is 35.4 Å². The van der Waals surface area contributed by atoms with Gasteiger partial charge in [-0.3, -0.25) is 0 Å². The molecule has 2 rings (SSSR count). The Kier molecular flexibility index (Phi) is 4.68. The molecular formula is C13H16N2O3S. The zero-order valence-corrected chi connectivity index (χ0v) is 11.3. The number of benzene rings is 1. The second-order valence-electron chi connectivity index (χ2n) is 4.23. The number of carbonyl (C=O) groups is 2. The lowest BCUT2D eigenvalue weighted by Gasteiger charge is -2.20. The first-order valence-corrected chi connectivity index (χ1v) is 7.07. The van der Waals surface area contributed by atoms with E-state index in [0.717, 1.165) is 11.3 Å². The van der Waals surface area contributed by atoms with Crippen LogP contribution in [0.25, 0.3) is 0 Å². The topological polar surface area (TPSA) is 72.6 Å². The van der Waals surface area contributed by atoms with Crippen molar-refractivity contribution >= 4 is 23.8 Å². The molecule has 1 aliphatic heterocycles. The third-order valence-corrected chi connectivity index (χ3v) is 3.82. The van der Waals surface area contributed by atoms with Crippen molar-refractivity contribution < 1.29 is 14.3 Å². The predicted molar refractivity (Wildman–Crippen MR) is 72.6 cm³/mol. The van der Waals surface area contributed by atoms with Gasteiger partial charge in [0.1, 0.15) is 12.0 Å². The van der Waals surface area contributed by atoms with Crippen LogP contribution >= 0.6 is 11.8 Å². The lowest BCUT2D eigenvalue weighted by Crippen LogP contribution is -2.44. The van der Waals surface area contributed by atoms with Gasteiger partial charge in [-0.15, -0.1) is 0 Å². The maximum absolute atomic E-state index is 11.9. The van der Waals surface area contributed by atoms with Crippen molar-refractivity contribution in [2.45, 2.75) is 23.8 Å². The summed E-state index contributed by atoms with van der Waals surface area (Å²) in [4.78, 5) is 25.4. The van der Waals surface area contributed by atoms with Crippen molar-refractivity contribution in [2.24, 2.45) is 5.73 Å². The van der Waals surface area contributed by atoms with Gasteiger partial charge in [-0.2, -0.15) is 0 Å². The zero-order valence-electron chi connectivity index (χ0n) is 10.5. The second-order valence-corrected chi connectivity index (χ2v) is 5.22. The Balaban J connectivity index is 1.80. The summed E-state index contributed by atoms with van der Waals surface area (Å²) in [7, 11) is 0. The highest BCUT2D eigenvalue weighted by Gasteiger charge is 2.34. The molecule has 0 spiro atoms. The van der Waals surface area contributed by atoms with Crippen LogP contribution in [0, 0.1) is 0 Å². The normalized spacial score (nSPS) is 18.3. The van der Waals surface area contributed by atoms with Gasteiger partial charge >= 0.3 is 12.0 Å². The Morgan fingerprint density at radius 1 is 1.37 bits per heavy atom. The van der Waals surface area contributed by atoms with Gasteiger partial charge in [0, 0.05) is 11.4 Å². The first kappa shape index (κ1) is 13.7. The van der Waals surface area contributed by atoms with E-state index in [9.17, 15) is 9.59 Å². The Morgan fingerprint density at radius 2 is 2.11 bits per heavy atom. The van der Waals surface area contributed by atoms with Crippen LogP contribution in [-0.2, 0) is 9.53 Å². The number of rotatable bonds is 4. The summed E-state index contributed by atoms with van der Waals surface area (Å²) < 4.78 is 5.18. The SMILES string of the molecule is NC(=O)N1CCC[C@H]1C(=O)OCSc1ccccc1. The zero-order chi connectivity index (χ0) is 13.7. The van der Waals surface area contributed by atoms with E-state index in [0.29, 0.717) is 13.0 Å². The first-order valence-electron chi connectivity index (χ1n) is 6.09. The minimum absolute atomic E-state index is 0.242. The summed E-state index contributed by atoms with van der Waals surface area (Å²) in [5.74, 6) is -0.133. The van der Waals surface area contributed by atoms with Gasteiger partial charge in [0.2, 0.25) is 0 Å². The monoisotopic (exact) mass is 280 g/mol. The molecule has 0 aliphatic carbocycles. The number of ether oxygens (including phenoxy) is 1. The lowest BCUT2D eigenvalue weighted by atomic mass is 10.2. The fourth-order valence-electron chi connectivity index (χ4n) is 2.04. The Morgan fingerprint density at radius 3 is 2.79 bits per heavy atom. The van der Waals surface area contributed by atoms with Crippen molar-refractivity contribution in [1.29, 1.82) is 0 Å². The van der Waals surface area contributed by atoms with Gasteiger partial charge in [-0.25, -0.2) is 9.59 Å². The Bertz CT molecular complexity index is 452. The summed E-state index contributed by atoms with van der Waals surface area (Å²) in [5.41, 5.74) is 5.22. The number of esters is 1. The van der Waals surface area contributed by atoms with Crippen LogP contribution < -0.4 is 5.73 Å². The molecule has 1 saturated heterocycles. The number of hydrogen-bond donors (Lipinski definition) is 1. The largest absolute Gasteiger partial charge is 0.453 e. The molecule has 1 aliphatic rings. The molecule has 5 nitrogen and oxygen atoms in total. The highest BCUT2D eigenvalue weighted by Crippen LogP contribution is 2.21. The lowest BCUT2D eigenvalue weighted by molar-refractivity contribution is -0.145. The van der Waals surface area contributed by atoms with Gasteiger partial charge in [-0.1, -0.05) is 30.0 Å². The molecule has 0 radical (unpaired) electrons. The number of amides is 2. The van der Waals surface area contributed by atoms with E-state index in [1.54, 1.807) is 0 Å². The summed E-state index contributed by atoms with van der Waals surface area (Å²) in [6, 6.07) is 8.60. The van der Waals surface area contributed by atoms with E-state index in [4.69, 9.17) is 10.5 Å². The molecule has 1 atom stereocenters. The summed E-state index contributed by atoms with van der Waals surface area (Å²) >= 11 is 1.44. The molecule has 2 amide bonds. The number of likely N-dealkylation sites (tertiary alicyclic amines) is 1. The van der Waals surface area contributed by atoms with Crippen molar-refractivity contribution in [3.8, 4) is 0 Å². The fraction of sp³-hybridized carbons (Fsp3) is 0.385. The third-order valence-electron chi connectivity index (χ3n) is 2.98. The van der Waals surface area contributed by atoms with Crippen molar-refractivity contribution in [3.05, 3.63) is 30.3 Å². The summed E-state index contributed by atoms with van der Waals surface area (Å²) in [6.07, 6.45) is 1.41. The summed E-state index contributed by atoms with van der Waals surface area (Å²) in [5, 5.41) is 0. The van der Waals surface area contributed by atoms with Gasteiger partial charge in [-0.05, 0) is 25.0 Å². The van der Waals surface area contributed by atoms with Crippen molar-refractivity contribution in [1.82, 2.24) is 4.90 Å². The van der Waals surface area contributed by atoms with E-state index >= 15 is 0 Å². The van der Waals surface area contributed by atoms with E-state index in [1.807, 2.05) is 30.3 Å². The van der Waals surface area contributed by atoms with E-state index < -0.39 is 12.1 Å². The number of nitrogens with zero attached hydrogens (tertiary/aromatic N) is 1. The van der Waals surface area contributed by atoms with E-state index in [2.05, 4.69) is 0 Å². The standard InChI is InChI=1S/C13H16N2O3S/c14-13(17)15-8-4-7-11(15)12(16)18-9-19-10-5-2-1-3-6-10/h1-3,5-6,11H,4,7-9H2,(H2,14,17)/t11-/m0/s1. The minimum atomic E-state index is -0.560. The Labute approximate surface area is 116 Å². The highest BCUT2D eigenvalue weighted by molar-refractivity contribution is 7.99. The average molecular weight is 280 g/mol. The molecule has 1 fully saturated rings. The average Bonchev–Trinajstić information content (AvgIpc) is 2.89. The molecule has 1 aromatic carbocycles. The number of hydrogen-bond acceptors (Lipinski definition) is 4. The number of carbonyl (C=O) groups excluding carboxylic acids is 2. The predicted octanol–water partition coefficient (Wildman–Crippen LogP) is 1.82. The van der Waals surface area contributed by atoms with Crippen LogP contribution in [0.4, 0.5) is 4.79 Å². The fourth-order valence-corrected chi connectivity index (χ4v) is 2.70. The molecule has 0 saturated carbocycles. The molecule has 102 valence electrons. The molecular weight excluding hydrogens is 264 g/mol. The van der Waals surface area contributed by atoms with Gasteiger partial charge in [0.05, 0.1) is 0 Å². The molecule has 1 aromatic rings. The number of urea groups is 1. The van der Waals surface area contributed by atoms with Crippen LogP contribution in [0.3, 0.4) is 0 Å². The molecule has 1 heterocycles. The number of thioether (sulfide) groups is 1. The van der Waals surface area contributed by atoms with Crippen molar-refractivity contribution in [3.63, 3.8) is 0 Å². The number of primary amides is 1. The van der Waals surface area contributed by atoms with Crippen LogP contribution in [0.15, 0.2) is 35.2 Å². The molecule has 0 unspecified atom stereocenters. The van der Waals surface area contributed by atoms with Crippen LogP contribution in [0.1, 0.15) is 12.8 Å². The molecule has 6 heteroatoms.